The monoisotopic (exact) mass is 920 g/mol. The molecule has 2 aliphatic heterocycles. The number of nitrogens with zero attached hydrogens (tertiary/aromatic N) is 2. The molecule has 2 aliphatic rings. The van der Waals surface area contributed by atoms with E-state index in [0.29, 0.717) is 47.3 Å². The molecule has 18 nitrogen and oxygen atoms in total. The second kappa shape index (κ2) is 19.7. The highest BCUT2D eigenvalue weighted by molar-refractivity contribution is 7.90. The summed E-state index contributed by atoms with van der Waals surface area (Å²) in [6, 6.07) is 16.4. The summed E-state index contributed by atoms with van der Waals surface area (Å²) in [4.78, 5) is 78.1. The summed E-state index contributed by atoms with van der Waals surface area (Å²) in [5.41, 5.74) is 1.44. The van der Waals surface area contributed by atoms with E-state index in [1.165, 1.54) is 52.3 Å². The number of ether oxygens (including phenoxy) is 4. The molecule has 0 saturated carbocycles. The van der Waals surface area contributed by atoms with Gasteiger partial charge in [-0.2, -0.15) is 0 Å². The fourth-order valence-electron chi connectivity index (χ4n) is 7.31. The molecule has 0 saturated heterocycles. The summed E-state index contributed by atoms with van der Waals surface area (Å²) >= 11 is 0. The van der Waals surface area contributed by atoms with E-state index in [0.717, 1.165) is 22.3 Å². The zero-order valence-electron chi connectivity index (χ0n) is 36.3. The van der Waals surface area contributed by atoms with Crippen molar-refractivity contribution < 1.29 is 64.6 Å². The number of carbonyl (C=O) groups excluding carboxylic acids is 6. The molecule has 20 heteroatoms. The van der Waals surface area contributed by atoms with E-state index in [2.05, 4.69) is 10.6 Å². The van der Waals surface area contributed by atoms with Gasteiger partial charge in [-0.15, -0.1) is 0 Å². The third kappa shape index (κ3) is 10.7. The summed E-state index contributed by atoms with van der Waals surface area (Å²) in [5, 5.41) is 5.10. The van der Waals surface area contributed by atoms with Crippen molar-refractivity contribution in [1.82, 2.24) is 9.80 Å². The van der Waals surface area contributed by atoms with E-state index < -0.39 is 78.7 Å². The van der Waals surface area contributed by atoms with Crippen LogP contribution in [0.1, 0.15) is 92.3 Å². The van der Waals surface area contributed by atoms with Crippen LogP contribution in [0, 0.1) is 0 Å². The molecule has 2 heterocycles. The SMILES string of the molecule is CCOc1cc(C(CS(C)(=O)=O)N2C(=O)c3cccc(NC(C)=O)c3C2=O)ccc1OC.CCOc1cc([C@@H](CS(C)(=O)=O)N2C(=O)c3cccc(NC(C)=O)c3C2=O)ccc1OC. The van der Waals surface area contributed by atoms with Crippen molar-refractivity contribution in [2.75, 3.05) is 62.1 Å². The Labute approximate surface area is 370 Å². The molecule has 0 fully saturated rings. The molecule has 0 radical (unpaired) electrons. The van der Waals surface area contributed by atoms with Crippen LogP contribution in [0.3, 0.4) is 0 Å². The van der Waals surface area contributed by atoms with Crippen LogP contribution in [0.15, 0.2) is 72.8 Å². The Morgan fingerprint density at radius 3 is 1.22 bits per heavy atom. The number of hydrogen-bond acceptors (Lipinski definition) is 14. The number of benzene rings is 4. The maximum Gasteiger partial charge on any atom is 0.264 e. The van der Waals surface area contributed by atoms with E-state index in [1.54, 1.807) is 62.4 Å². The highest BCUT2D eigenvalue weighted by Crippen LogP contribution is 2.40. The number of amides is 6. The topological polar surface area (TPSA) is 238 Å². The Hall–Kier alpha value is -6.80. The van der Waals surface area contributed by atoms with Gasteiger partial charge >= 0.3 is 0 Å². The van der Waals surface area contributed by atoms with Crippen molar-refractivity contribution in [1.29, 1.82) is 0 Å². The average molecular weight is 921 g/mol. The lowest BCUT2D eigenvalue weighted by Crippen LogP contribution is -2.37. The molecule has 64 heavy (non-hydrogen) atoms. The Morgan fingerprint density at radius 1 is 0.562 bits per heavy atom. The van der Waals surface area contributed by atoms with E-state index in [4.69, 9.17) is 18.9 Å². The van der Waals surface area contributed by atoms with Gasteiger partial charge in [0.25, 0.3) is 23.6 Å². The molecule has 340 valence electrons. The first-order valence-electron chi connectivity index (χ1n) is 19.7. The van der Waals surface area contributed by atoms with Crippen molar-refractivity contribution in [3.05, 3.63) is 106 Å². The van der Waals surface area contributed by atoms with Gasteiger partial charge in [0.05, 0.1) is 84.7 Å². The minimum absolute atomic E-state index is 0.0322. The minimum Gasteiger partial charge on any atom is -0.493 e. The fourth-order valence-corrected chi connectivity index (χ4v) is 9.14. The second-order valence-electron chi connectivity index (χ2n) is 14.7. The molecule has 4 aromatic rings. The molecule has 2 N–H and O–H groups in total. The molecular weight excluding hydrogens is 873 g/mol. The molecular formula is C44H48N4O14S2. The number of methoxy groups -OCH3 is 2. The number of rotatable bonds is 16. The van der Waals surface area contributed by atoms with Crippen molar-refractivity contribution in [3.8, 4) is 23.0 Å². The third-order valence-electron chi connectivity index (χ3n) is 9.80. The van der Waals surface area contributed by atoms with E-state index in [9.17, 15) is 45.6 Å². The van der Waals surface area contributed by atoms with Crippen molar-refractivity contribution in [2.24, 2.45) is 0 Å². The lowest BCUT2D eigenvalue weighted by molar-refractivity contribution is -0.115. The lowest BCUT2D eigenvalue weighted by Gasteiger charge is -2.27. The number of nitrogens with one attached hydrogen (secondary N) is 2. The first-order valence-corrected chi connectivity index (χ1v) is 23.8. The summed E-state index contributed by atoms with van der Waals surface area (Å²) in [6.07, 6.45) is 2.07. The Morgan fingerprint density at radius 2 is 0.922 bits per heavy atom. The van der Waals surface area contributed by atoms with Crippen LogP contribution >= 0.6 is 0 Å². The first-order chi connectivity index (χ1) is 30.1. The third-order valence-corrected chi connectivity index (χ3v) is 11.6. The van der Waals surface area contributed by atoms with Gasteiger partial charge in [0.2, 0.25) is 11.8 Å². The number of hydrogen-bond donors (Lipinski definition) is 2. The smallest absolute Gasteiger partial charge is 0.264 e. The van der Waals surface area contributed by atoms with E-state index >= 15 is 0 Å². The van der Waals surface area contributed by atoms with Gasteiger partial charge in [0.15, 0.2) is 23.0 Å². The normalized spacial score (nSPS) is 14.2. The predicted octanol–water partition coefficient (Wildman–Crippen LogP) is 4.87. The van der Waals surface area contributed by atoms with Gasteiger partial charge in [-0.1, -0.05) is 24.3 Å². The van der Waals surface area contributed by atoms with Gasteiger partial charge in [0.1, 0.15) is 19.7 Å². The Kier molecular flexibility index (Phi) is 14.9. The first kappa shape index (κ1) is 48.2. The highest BCUT2D eigenvalue weighted by atomic mass is 32.2. The number of fused-ring (bicyclic) bond motifs is 2. The lowest BCUT2D eigenvalue weighted by atomic mass is 10.1. The van der Waals surface area contributed by atoms with Crippen LogP contribution in [-0.4, -0.2) is 114 Å². The van der Waals surface area contributed by atoms with Crippen LogP contribution in [0.5, 0.6) is 23.0 Å². The van der Waals surface area contributed by atoms with Gasteiger partial charge in [0, 0.05) is 26.4 Å². The molecule has 0 bridgehead atoms. The Bertz CT molecular complexity index is 2570. The van der Waals surface area contributed by atoms with E-state index in [-0.39, 0.29) is 33.6 Å². The maximum atomic E-state index is 13.3. The van der Waals surface area contributed by atoms with Crippen LogP contribution < -0.4 is 29.6 Å². The summed E-state index contributed by atoms with van der Waals surface area (Å²) in [5.74, 6) is -2.82. The zero-order chi connectivity index (χ0) is 47.3. The zero-order valence-corrected chi connectivity index (χ0v) is 38.0. The average Bonchev–Trinajstić information content (AvgIpc) is 3.63. The van der Waals surface area contributed by atoms with Crippen LogP contribution in [0.4, 0.5) is 11.4 Å². The van der Waals surface area contributed by atoms with Gasteiger partial charge in [-0.3, -0.25) is 38.6 Å². The molecule has 4 aromatic carbocycles. The number of carbonyl (C=O) groups is 6. The number of sulfone groups is 2. The quantitative estimate of drug-likeness (QED) is 0.143. The van der Waals surface area contributed by atoms with Gasteiger partial charge in [-0.25, -0.2) is 16.8 Å². The molecule has 6 amide bonds. The van der Waals surface area contributed by atoms with Gasteiger partial charge < -0.3 is 29.6 Å². The van der Waals surface area contributed by atoms with Crippen LogP contribution in [-0.2, 0) is 29.3 Å². The van der Waals surface area contributed by atoms with Crippen LogP contribution in [0.2, 0.25) is 0 Å². The Balaban J connectivity index is 0.000000241. The van der Waals surface area contributed by atoms with Crippen LogP contribution in [0.25, 0.3) is 0 Å². The molecule has 2 atom stereocenters. The fraction of sp³-hybridized carbons (Fsp3) is 0.318. The number of anilines is 2. The second-order valence-corrected chi connectivity index (χ2v) is 19.1. The molecule has 0 spiro atoms. The molecule has 0 aliphatic carbocycles. The van der Waals surface area contributed by atoms with Crippen molar-refractivity contribution in [3.63, 3.8) is 0 Å². The number of imide groups is 2. The standard InChI is InChI=1S/2C22H24N2O7S/c2*1-5-31-19-11-14(9-10-18(19)30-3)17(12-32(4,28)29)24-21(26)15-7-6-8-16(23-13(2)25)20(15)22(24)27/h2*6-11,17H,5,12H2,1-4H3,(H,23,25)/t17-;/m1./s1. The van der Waals surface area contributed by atoms with Crippen molar-refractivity contribution >= 4 is 66.5 Å². The van der Waals surface area contributed by atoms with Crippen molar-refractivity contribution in [2.45, 2.75) is 39.8 Å². The molecule has 1 unspecified atom stereocenters. The molecule has 0 aromatic heterocycles. The largest absolute Gasteiger partial charge is 0.493 e. The van der Waals surface area contributed by atoms with Gasteiger partial charge in [-0.05, 0) is 73.5 Å². The maximum absolute atomic E-state index is 13.3. The summed E-state index contributed by atoms with van der Waals surface area (Å²) in [6.45, 7) is 6.82. The summed E-state index contributed by atoms with van der Waals surface area (Å²) in [7, 11) is -4.26. The summed E-state index contributed by atoms with van der Waals surface area (Å²) < 4.78 is 70.7. The highest BCUT2D eigenvalue weighted by Gasteiger charge is 2.45. The molecule has 6 rings (SSSR count). The minimum atomic E-state index is -3.60. The van der Waals surface area contributed by atoms with E-state index in [1.807, 2.05) is 0 Å². The predicted molar refractivity (Wildman–Crippen MR) is 236 cm³/mol.